The second kappa shape index (κ2) is 6.36. The van der Waals surface area contributed by atoms with Gasteiger partial charge in [0.25, 0.3) is 0 Å². The Morgan fingerprint density at radius 3 is 2.75 bits per heavy atom. The van der Waals surface area contributed by atoms with Gasteiger partial charge in [-0.05, 0) is 30.9 Å². The van der Waals surface area contributed by atoms with Gasteiger partial charge in [0, 0.05) is 12.7 Å². The van der Waals surface area contributed by atoms with Gasteiger partial charge in [-0.1, -0.05) is 20.8 Å². The third-order valence-electron chi connectivity index (χ3n) is 2.80. The van der Waals surface area contributed by atoms with Crippen molar-refractivity contribution >= 4 is 5.82 Å². The largest absolute Gasteiger partial charge is 0.490 e. The van der Waals surface area contributed by atoms with E-state index in [2.05, 4.69) is 31.1 Å². The van der Waals surface area contributed by atoms with Crippen molar-refractivity contribution in [1.29, 1.82) is 0 Å². The maximum atomic E-state index is 5.50. The molecule has 0 saturated heterocycles. The molecule has 0 bridgehead atoms. The van der Waals surface area contributed by atoms with Crippen LogP contribution >= 0.6 is 0 Å². The Labute approximate surface area is 98.2 Å². The summed E-state index contributed by atoms with van der Waals surface area (Å²) >= 11 is 0. The SMILES string of the molecule is CCOc1cccnc1NCC(C)C(C)C. The van der Waals surface area contributed by atoms with E-state index in [9.17, 15) is 0 Å². The van der Waals surface area contributed by atoms with Crippen LogP contribution in [-0.4, -0.2) is 18.1 Å². The number of aromatic nitrogens is 1. The maximum absolute atomic E-state index is 5.50. The number of anilines is 1. The number of nitrogens with zero attached hydrogens (tertiary/aromatic N) is 1. The number of ether oxygens (including phenoxy) is 1. The summed E-state index contributed by atoms with van der Waals surface area (Å²) in [4.78, 5) is 4.29. The van der Waals surface area contributed by atoms with E-state index in [1.165, 1.54) is 0 Å². The first-order chi connectivity index (χ1) is 7.65. The topological polar surface area (TPSA) is 34.1 Å². The van der Waals surface area contributed by atoms with Crippen LogP contribution in [-0.2, 0) is 0 Å². The molecule has 0 spiro atoms. The van der Waals surface area contributed by atoms with E-state index in [4.69, 9.17) is 4.74 Å². The van der Waals surface area contributed by atoms with Crippen molar-refractivity contribution in [3.05, 3.63) is 18.3 Å². The molecule has 0 aliphatic heterocycles. The molecular weight excluding hydrogens is 200 g/mol. The Bertz CT molecular complexity index is 313. The van der Waals surface area contributed by atoms with Crippen LogP contribution in [0.1, 0.15) is 27.7 Å². The summed E-state index contributed by atoms with van der Waals surface area (Å²) in [7, 11) is 0. The third kappa shape index (κ3) is 3.72. The highest BCUT2D eigenvalue weighted by Crippen LogP contribution is 2.21. The first kappa shape index (κ1) is 12.8. The van der Waals surface area contributed by atoms with Gasteiger partial charge < -0.3 is 10.1 Å². The molecule has 1 aromatic rings. The van der Waals surface area contributed by atoms with Crippen LogP contribution in [0.5, 0.6) is 5.75 Å². The average Bonchev–Trinajstić information content (AvgIpc) is 2.27. The molecule has 3 heteroatoms. The lowest BCUT2D eigenvalue weighted by atomic mass is 9.98. The molecule has 0 aliphatic carbocycles. The van der Waals surface area contributed by atoms with Crippen LogP contribution in [0, 0.1) is 11.8 Å². The molecule has 0 saturated carbocycles. The van der Waals surface area contributed by atoms with Crippen LogP contribution in [0.25, 0.3) is 0 Å². The minimum Gasteiger partial charge on any atom is -0.490 e. The maximum Gasteiger partial charge on any atom is 0.168 e. The molecule has 1 heterocycles. The standard InChI is InChI=1S/C13H22N2O/c1-5-16-12-7-6-8-14-13(12)15-9-11(4)10(2)3/h6-8,10-11H,5,9H2,1-4H3,(H,14,15). The minimum atomic E-state index is 0.622. The first-order valence-electron chi connectivity index (χ1n) is 5.96. The molecule has 3 nitrogen and oxygen atoms in total. The van der Waals surface area contributed by atoms with Gasteiger partial charge in [0.2, 0.25) is 0 Å². The van der Waals surface area contributed by atoms with Crippen LogP contribution < -0.4 is 10.1 Å². The zero-order chi connectivity index (χ0) is 12.0. The minimum absolute atomic E-state index is 0.622. The molecule has 1 atom stereocenters. The highest BCUT2D eigenvalue weighted by atomic mass is 16.5. The summed E-state index contributed by atoms with van der Waals surface area (Å²) < 4.78 is 5.50. The van der Waals surface area contributed by atoms with E-state index in [-0.39, 0.29) is 0 Å². The molecule has 0 radical (unpaired) electrons. The fraction of sp³-hybridized carbons (Fsp3) is 0.615. The Morgan fingerprint density at radius 2 is 2.12 bits per heavy atom. The fourth-order valence-electron chi connectivity index (χ4n) is 1.29. The second-order valence-electron chi connectivity index (χ2n) is 4.39. The van der Waals surface area contributed by atoms with Crippen molar-refractivity contribution in [2.24, 2.45) is 11.8 Å². The predicted octanol–water partition coefficient (Wildman–Crippen LogP) is 3.18. The summed E-state index contributed by atoms with van der Waals surface area (Å²) in [5, 5.41) is 3.34. The van der Waals surface area contributed by atoms with Gasteiger partial charge in [-0.3, -0.25) is 0 Å². The number of hydrogen-bond donors (Lipinski definition) is 1. The van der Waals surface area contributed by atoms with Crippen LogP contribution in [0.15, 0.2) is 18.3 Å². The van der Waals surface area contributed by atoms with E-state index in [1.807, 2.05) is 19.1 Å². The molecule has 1 N–H and O–H groups in total. The Morgan fingerprint density at radius 1 is 1.38 bits per heavy atom. The summed E-state index contributed by atoms with van der Waals surface area (Å²) in [5.41, 5.74) is 0. The van der Waals surface area contributed by atoms with Gasteiger partial charge in [-0.25, -0.2) is 4.98 Å². The first-order valence-corrected chi connectivity index (χ1v) is 5.96. The summed E-state index contributed by atoms with van der Waals surface area (Å²) in [6.45, 7) is 10.3. The molecule has 0 fully saturated rings. The highest BCUT2D eigenvalue weighted by Gasteiger charge is 2.09. The highest BCUT2D eigenvalue weighted by molar-refractivity contribution is 5.49. The second-order valence-corrected chi connectivity index (χ2v) is 4.39. The summed E-state index contributed by atoms with van der Waals surface area (Å²) in [5.74, 6) is 2.97. The number of rotatable bonds is 6. The van der Waals surface area contributed by atoms with Crippen molar-refractivity contribution in [2.75, 3.05) is 18.5 Å². The van der Waals surface area contributed by atoms with Crippen LogP contribution in [0.4, 0.5) is 5.82 Å². The molecular formula is C13H22N2O. The molecule has 0 aliphatic rings. The molecule has 0 aromatic carbocycles. The van der Waals surface area contributed by atoms with Crippen LogP contribution in [0.3, 0.4) is 0 Å². The number of nitrogens with one attached hydrogen (secondary N) is 1. The van der Waals surface area contributed by atoms with Crippen molar-refractivity contribution in [3.8, 4) is 5.75 Å². The lowest BCUT2D eigenvalue weighted by Gasteiger charge is -2.17. The van der Waals surface area contributed by atoms with E-state index >= 15 is 0 Å². The van der Waals surface area contributed by atoms with Gasteiger partial charge in [-0.2, -0.15) is 0 Å². The monoisotopic (exact) mass is 222 g/mol. The van der Waals surface area contributed by atoms with Crippen molar-refractivity contribution < 1.29 is 4.74 Å². The summed E-state index contributed by atoms with van der Waals surface area (Å²) in [6.07, 6.45) is 1.78. The molecule has 1 aromatic heterocycles. The number of pyridine rings is 1. The van der Waals surface area contributed by atoms with Crippen molar-refractivity contribution in [1.82, 2.24) is 4.98 Å². The predicted molar refractivity (Wildman–Crippen MR) is 67.9 cm³/mol. The van der Waals surface area contributed by atoms with Crippen LogP contribution in [0.2, 0.25) is 0 Å². The Hall–Kier alpha value is -1.25. The fourth-order valence-corrected chi connectivity index (χ4v) is 1.29. The number of hydrogen-bond acceptors (Lipinski definition) is 3. The van der Waals surface area contributed by atoms with Gasteiger partial charge in [0.15, 0.2) is 11.6 Å². The quantitative estimate of drug-likeness (QED) is 0.802. The molecule has 1 rings (SSSR count). The van der Waals surface area contributed by atoms with Gasteiger partial charge in [-0.15, -0.1) is 0 Å². The van der Waals surface area contributed by atoms with Gasteiger partial charge in [0.1, 0.15) is 0 Å². The zero-order valence-electron chi connectivity index (χ0n) is 10.7. The smallest absolute Gasteiger partial charge is 0.168 e. The zero-order valence-corrected chi connectivity index (χ0v) is 10.7. The van der Waals surface area contributed by atoms with Crippen molar-refractivity contribution in [2.45, 2.75) is 27.7 Å². The van der Waals surface area contributed by atoms with Gasteiger partial charge >= 0.3 is 0 Å². The van der Waals surface area contributed by atoms with E-state index in [0.717, 1.165) is 18.1 Å². The average molecular weight is 222 g/mol. The van der Waals surface area contributed by atoms with Gasteiger partial charge in [0.05, 0.1) is 6.61 Å². The van der Waals surface area contributed by atoms with Crippen molar-refractivity contribution in [3.63, 3.8) is 0 Å². The molecule has 1 unspecified atom stereocenters. The molecule has 0 amide bonds. The normalized spacial score (nSPS) is 12.6. The Kier molecular flexibility index (Phi) is 5.09. The lowest BCUT2D eigenvalue weighted by molar-refractivity contribution is 0.340. The molecule has 16 heavy (non-hydrogen) atoms. The van der Waals surface area contributed by atoms with E-state index < -0.39 is 0 Å². The lowest BCUT2D eigenvalue weighted by Crippen LogP contribution is -2.17. The Balaban J connectivity index is 2.58. The third-order valence-corrected chi connectivity index (χ3v) is 2.80. The molecule has 90 valence electrons. The summed E-state index contributed by atoms with van der Waals surface area (Å²) in [6, 6.07) is 3.83. The van der Waals surface area contributed by atoms with E-state index in [0.29, 0.717) is 18.4 Å². The van der Waals surface area contributed by atoms with E-state index in [1.54, 1.807) is 6.20 Å².